The van der Waals surface area contributed by atoms with Gasteiger partial charge >= 0.3 is 5.97 Å². The van der Waals surface area contributed by atoms with Crippen LogP contribution >= 0.6 is 0 Å². The zero-order valence-corrected chi connectivity index (χ0v) is 15.1. The highest BCUT2D eigenvalue weighted by atomic mass is 16.5. The number of benzene rings is 1. The minimum Gasteiger partial charge on any atom is -0.465 e. The number of imidazole rings is 1. The molecule has 1 fully saturated rings. The number of hydrogen-bond acceptors (Lipinski definition) is 6. The van der Waals surface area contributed by atoms with Crippen LogP contribution in [0, 0.1) is 0 Å². The molecule has 0 spiro atoms. The van der Waals surface area contributed by atoms with E-state index in [1.807, 2.05) is 24.3 Å². The predicted molar refractivity (Wildman–Crippen MR) is 102 cm³/mol. The van der Waals surface area contributed by atoms with E-state index in [0.29, 0.717) is 11.6 Å². The maximum Gasteiger partial charge on any atom is 0.337 e. The lowest BCUT2D eigenvalue weighted by Crippen LogP contribution is -2.28. The minimum atomic E-state index is -0.359. The Morgan fingerprint density at radius 2 is 1.89 bits per heavy atom. The Labute approximate surface area is 157 Å². The van der Waals surface area contributed by atoms with Crippen molar-refractivity contribution in [2.24, 2.45) is 0 Å². The van der Waals surface area contributed by atoms with Gasteiger partial charge in [-0.3, -0.25) is 0 Å². The number of fused-ring (bicyclic) bond motifs is 1. The van der Waals surface area contributed by atoms with E-state index in [2.05, 4.69) is 15.4 Å². The lowest BCUT2D eigenvalue weighted by atomic mass is 9.93. The van der Waals surface area contributed by atoms with Gasteiger partial charge in [-0.05, 0) is 49.9 Å². The molecule has 4 rings (SSSR count). The average Bonchev–Trinajstić information content (AvgIpc) is 3.12. The molecule has 140 valence electrons. The van der Waals surface area contributed by atoms with E-state index < -0.39 is 0 Å². The third-order valence-electron chi connectivity index (χ3n) is 5.01. The van der Waals surface area contributed by atoms with Gasteiger partial charge in [0.15, 0.2) is 5.65 Å². The SMILES string of the molecule is COC(=O)c1ccc(-c2cnc3ccc(NC4CCC(O)CC4)nn23)cc1. The van der Waals surface area contributed by atoms with Crippen molar-refractivity contribution in [1.82, 2.24) is 14.6 Å². The Hall–Kier alpha value is -2.93. The van der Waals surface area contributed by atoms with Crippen molar-refractivity contribution in [3.63, 3.8) is 0 Å². The van der Waals surface area contributed by atoms with Crippen LogP contribution in [0.3, 0.4) is 0 Å². The molecule has 2 N–H and O–H groups in total. The third kappa shape index (κ3) is 3.64. The van der Waals surface area contributed by atoms with Crippen molar-refractivity contribution in [3.05, 3.63) is 48.2 Å². The van der Waals surface area contributed by atoms with Gasteiger partial charge in [0.05, 0.1) is 30.7 Å². The van der Waals surface area contributed by atoms with Gasteiger partial charge < -0.3 is 15.2 Å². The number of aliphatic hydroxyl groups is 1. The Bertz CT molecular complexity index is 944. The summed E-state index contributed by atoms with van der Waals surface area (Å²) in [5.74, 6) is 0.427. The topological polar surface area (TPSA) is 88.8 Å². The molecule has 0 unspecified atom stereocenters. The Balaban J connectivity index is 1.59. The maximum absolute atomic E-state index is 11.6. The molecule has 27 heavy (non-hydrogen) atoms. The van der Waals surface area contributed by atoms with Crippen molar-refractivity contribution >= 4 is 17.4 Å². The molecule has 7 heteroatoms. The number of anilines is 1. The molecular weight excluding hydrogens is 344 g/mol. The highest BCUT2D eigenvalue weighted by molar-refractivity contribution is 5.89. The second-order valence-electron chi connectivity index (χ2n) is 6.85. The fourth-order valence-electron chi connectivity index (χ4n) is 3.47. The lowest BCUT2D eigenvalue weighted by Gasteiger charge is -2.26. The average molecular weight is 366 g/mol. The van der Waals surface area contributed by atoms with Crippen LogP contribution in [0.4, 0.5) is 5.82 Å². The number of esters is 1. The summed E-state index contributed by atoms with van der Waals surface area (Å²) in [6.45, 7) is 0. The highest BCUT2D eigenvalue weighted by Crippen LogP contribution is 2.24. The number of aromatic nitrogens is 3. The number of carbonyl (C=O) groups excluding carboxylic acids is 1. The molecule has 0 amide bonds. The lowest BCUT2D eigenvalue weighted by molar-refractivity contribution is 0.0600. The summed E-state index contributed by atoms with van der Waals surface area (Å²) in [5, 5.41) is 17.8. The molecule has 1 saturated carbocycles. The number of nitrogens with one attached hydrogen (secondary N) is 1. The number of carbonyl (C=O) groups is 1. The standard InChI is InChI=1S/C20H22N4O3/c1-27-20(26)14-4-2-13(3-5-14)17-12-21-19-11-10-18(23-24(17)19)22-15-6-8-16(25)9-7-15/h2-5,10-12,15-16,25H,6-9H2,1H3,(H,22,23). The molecule has 1 aromatic carbocycles. The molecule has 0 bridgehead atoms. The van der Waals surface area contributed by atoms with Crippen LogP contribution in [0.25, 0.3) is 16.9 Å². The van der Waals surface area contributed by atoms with Crippen LogP contribution in [0.5, 0.6) is 0 Å². The van der Waals surface area contributed by atoms with E-state index in [1.54, 1.807) is 22.8 Å². The number of ether oxygens (including phenoxy) is 1. The summed E-state index contributed by atoms with van der Waals surface area (Å²) in [4.78, 5) is 16.0. The Morgan fingerprint density at radius 1 is 1.15 bits per heavy atom. The quantitative estimate of drug-likeness (QED) is 0.690. The maximum atomic E-state index is 11.6. The van der Waals surface area contributed by atoms with Crippen LogP contribution in [0.2, 0.25) is 0 Å². The second kappa shape index (κ2) is 7.36. The number of aliphatic hydroxyl groups excluding tert-OH is 1. The zero-order valence-electron chi connectivity index (χ0n) is 15.1. The zero-order chi connectivity index (χ0) is 18.8. The number of nitrogens with zero attached hydrogens (tertiary/aromatic N) is 3. The van der Waals surface area contributed by atoms with Crippen molar-refractivity contribution in [2.75, 3.05) is 12.4 Å². The number of hydrogen-bond donors (Lipinski definition) is 2. The summed E-state index contributed by atoms with van der Waals surface area (Å²) in [7, 11) is 1.37. The fraction of sp³-hybridized carbons (Fsp3) is 0.350. The first-order valence-electron chi connectivity index (χ1n) is 9.12. The summed E-state index contributed by atoms with van der Waals surface area (Å²) in [5.41, 5.74) is 3.03. The molecular formula is C20H22N4O3. The van der Waals surface area contributed by atoms with E-state index in [1.165, 1.54) is 7.11 Å². The van der Waals surface area contributed by atoms with Gasteiger partial charge in [-0.1, -0.05) is 12.1 Å². The molecule has 0 saturated heterocycles. The largest absolute Gasteiger partial charge is 0.465 e. The van der Waals surface area contributed by atoms with Crippen LogP contribution in [0.15, 0.2) is 42.6 Å². The van der Waals surface area contributed by atoms with E-state index in [9.17, 15) is 9.90 Å². The highest BCUT2D eigenvalue weighted by Gasteiger charge is 2.19. The molecule has 3 aromatic rings. The normalized spacial score (nSPS) is 19.8. The van der Waals surface area contributed by atoms with Crippen molar-refractivity contribution in [1.29, 1.82) is 0 Å². The molecule has 1 aliphatic carbocycles. The first-order valence-corrected chi connectivity index (χ1v) is 9.12. The Morgan fingerprint density at radius 3 is 2.59 bits per heavy atom. The smallest absolute Gasteiger partial charge is 0.337 e. The van der Waals surface area contributed by atoms with E-state index in [-0.39, 0.29) is 12.1 Å². The van der Waals surface area contributed by atoms with Gasteiger partial charge in [0.2, 0.25) is 0 Å². The summed E-state index contributed by atoms with van der Waals surface area (Å²) >= 11 is 0. The predicted octanol–water partition coefficient (Wildman–Crippen LogP) is 2.90. The van der Waals surface area contributed by atoms with E-state index in [4.69, 9.17) is 4.74 Å². The molecule has 0 atom stereocenters. The fourth-order valence-corrected chi connectivity index (χ4v) is 3.47. The van der Waals surface area contributed by atoms with Crippen LogP contribution < -0.4 is 5.32 Å². The van der Waals surface area contributed by atoms with E-state index >= 15 is 0 Å². The Kier molecular flexibility index (Phi) is 4.77. The van der Waals surface area contributed by atoms with Crippen LogP contribution in [0.1, 0.15) is 36.0 Å². The third-order valence-corrected chi connectivity index (χ3v) is 5.01. The first kappa shape index (κ1) is 17.5. The molecule has 0 aliphatic heterocycles. The van der Waals surface area contributed by atoms with Gasteiger partial charge in [-0.25, -0.2) is 14.3 Å². The van der Waals surface area contributed by atoms with Gasteiger partial charge in [-0.15, -0.1) is 5.10 Å². The minimum absolute atomic E-state index is 0.174. The van der Waals surface area contributed by atoms with Crippen molar-refractivity contribution < 1.29 is 14.6 Å². The van der Waals surface area contributed by atoms with Crippen molar-refractivity contribution in [2.45, 2.75) is 37.8 Å². The van der Waals surface area contributed by atoms with Gasteiger partial charge in [0, 0.05) is 11.6 Å². The van der Waals surface area contributed by atoms with Crippen LogP contribution in [-0.2, 0) is 4.74 Å². The second-order valence-corrected chi connectivity index (χ2v) is 6.85. The molecule has 7 nitrogen and oxygen atoms in total. The molecule has 2 aromatic heterocycles. The van der Waals surface area contributed by atoms with Gasteiger partial charge in [0.1, 0.15) is 5.82 Å². The van der Waals surface area contributed by atoms with E-state index in [0.717, 1.165) is 48.4 Å². The van der Waals surface area contributed by atoms with Gasteiger partial charge in [0.25, 0.3) is 0 Å². The molecule has 1 aliphatic rings. The van der Waals surface area contributed by atoms with Crippen molar-refractivity contribution in [3.8, 4) is 11.3 Å². The summed E-state index contributed by atoms with van der Waals surface area (Å²) < 4.78 is 6.54. The summed E-state index contributed by atoms with van der Waals surface area (Å²) in [6.07, 6.45) is 5.12. The van der Waals surface area contributed by atoms with Gasteiger partial charge in [-0.2, -0.15) is 0 Å². The molecule has 0 radical (unpaired) electrons. The molecule has 2 heterocycles. The number of methoxy groups -OCH3 is 1. The van der Waals surface area contributed by atoms with Crippen LogP contribution in [-0.4, -0.2) is 44.9 Å². The summed E-state index contributed by atoms with van der Waals surface area (Å²) in [6, 6.07) is 11.4. The number of rotatable bonds is 4. The first-order chi connectivity index (χ1) is 13.1. The monoisotopic (exact) mass is 366 g/mol.